The molecule has 3 aliphatic rings. The number of piperidine rings is 1. The average molecular weight is 375 g/mol. The lowest BCUT2D eigenvalue weighted by Crippen LogP contribution is -2.39. The van der Waals surface area contributed by atoms with Gasteiger partial charge in [-0.1, -0.05) is 12.8 Å². The summed E-state index contributed by atoms with van der Waals surface area (Å²) in [5, 5.41) is 3.23. The first kappa shape index (κ1) is 18.7. The summed E-state index contributed by atoms with van der Waals surface area (Å²) in [7, 11) is 0. The van der Waals surface area contributed by atoms with Crippen LogP contribution >= 0.6 is 0 Å². The van der Waals surface area contributed by atoms with E-state index in [1.807, 2.05) is 0 Å². The van der Waals surface area contributed by atoms with E-state index in [4.69, 9.17) is 4.74 Å². The summed E-state index contributed by atoms with van der Waals surface area (Å²) in [4.78, 5) is 14.8. The van der Waals surface area contributed by atoms with Gasteiger partial charge in [-0.25, -0.2) is 4.39 Å². The van der Waals surface area contributed by atoms with Gasteiger partial charge in [0.25, 0.3) is 0 Å². The summed E-state index contributed by atoms with van der Waals surface area (Å²) in [6, 6.07) is 6.75. The van der Waals surface area contributed by atoms with Crippen molar-refractivity contribution < 1.29 is 13.9 Å². The van der Waals surface area contributed by atoms with E-state index in [0.717, 1.165) is 51.1 Å². The van der Waals surface area contributed by atoms with Gasteiger partial charge in [0.15, 0.2) is 0 Å². The molecule has 1 saturated carbocycles. The maximum Gasteiger partial charge on any atom is 0.223 e. The fourth-order valence-corrected chi connectivity index (χ4v) is 5.14. The van der Waals surface area contributed by atoms with E-state index >= 15 is 0 Å². The van der Waals surface area contributed by atoms with E-state index < -0.39 is 0 Å². The highest BCUT2D eigenvalue weighted by Gasteiger charge is 2.42. The van der Waals surface area contributed by atoms with Crippen molar-refractivity contribution in [3.05, 3.63) is 30.1 Å². The van der Waals surface area contributed by atoms with Gasteiger partial charge in [-0.15, -0.1) is 0 Å². The van der Waals surface area contributed by atoms with E-state index in [1.165, 1.54) is 37.8 Å². The van der Waals surface area contributed by atoms with Crippen LogP contribution in [0.1, 0.15) is 51.4 Å². The highest BCUT2D eigenvalue weighted by molar-refractivity contribution is 5.81. The van der Waals surface area contributed by atoms with Gasteiger partial charge >= 0.3 is 0 Å². The van der Waals surface area contributed by atoms with Crippen molar-refractivity contribution in [3.63, 3.8) is 0 Å². The number of benzene rings is 1. The number of ether oxygens (including phenoxy) is 1. The number of fused-ring (bicyclic) bond motifs is 1. The largest absolute Gasteiger partial charge is 0.490 e. The average Bonchev–Trinajstić information content (AvgIpc) is 3.00. The Hall–Kier alpha value is -1.62. The number of likely N-dealkylation sites (tertiary alicyclic amines) is 1. The molecule has 2 heterocycles. The number of carbonyl (C=O) groups excluding carboxylic acids is 1. The summed E-state index contributed by atoms with van der Waals surface area (Å²) < 4.78 is 18.9. The Kier molecular flexibility index (Phi) is 5.96. The van der Waals surface area contributed by atoms with Crippen LogP contribution in [-0.4, -0.2) is 42.6 Å². The van der Waals surface area contributed by atoms with Crippen molar-refractivity contribution in [2.24, 2.45) is 11.8 Å². The summed E-state index contributed by atoms with van der Waals surface area (Å²) in [6.45, 7) is 3.15. The predicted octanol–water partition coefficient (Wildman–Crippen LogP) is 3.75. The van der Waals surface area contributed by atoms with E-state index in [2.05, 4.69) is 10.2 Å². The SMILES string of the molecule is O=C1NC2CCCCC2C1CCCN1CCC(Oc2ccc(F)cc2)CC1. The molecule has 0 bridgehead atoms. The number of carbonyl (C=O) groups is 1. The van der Waals surface area contributed by atoms with E-state index in [9.17, 15) is 9.18 Å². The third-order valence-corrected chi connectivity index (χ3v) is 6.64. The highest BCUT2D eigenvalue weighted by Crippen LogP contribution is 2.37. The van der Waals surface area contributed by atoms with E-state index in [0.29, 0.717) is 17.9 Å². The second-order valence-electron chi connectivity index (χ2n) is 8.42. The van der Waals surface area contributed by atoms with Crippen LogP contribution in [0.2, 0.25) is 0 Å². The minimum atomic E-state index is -0.229. The Labute approximate surface area is 161 Å². The summed E-state index contributed by atoms with van der Waals surface area (Å²) in [5.74, 6) is 1.66. The van der Waals surface area contributed by atoms with Crippen LogP contribution in [0.15, 0.2) is 24.3 Å². The summed E-state index contributed by atoms with van der Waals surface area (Å²) >= 11 is 0. The lowest BCUT2D eigenvalue weighted by atomic mass is 9.78. The summed E-state index contributed by atoms with van der Waals surface area (Å²) in [5.41, 5.74) is 0. The molecular formula is C22H31FN2O2. The lowest BCUT2D eigenvalue weighted by Gasteiger charge is -2.32. The highest BCUT2D eigenvalue weighted by atomic mass is 19.1. The van der Waals surface area contributed by atoms with Gasteiger partial charge < -0.3 is 15.0 Å². The fraction of sp³-hybridized carbons (Fsp3) is 0.682. The third kappa shape index (κ3) is 4.63. The van der Waals surface area contributed by atoms with Crippen LogP contribution in [0.3, 0.4) is 0 Å². The Balaban J connectivity index is 1.16. The molecule has 1 amide bonds. The van der Waals surface area contributed by atoms with Gasteiger partial charge in [-0.05, 0) is 75.3 Å². The molecule has 1 aromatic carbocycles. The zero-order valence-electron chi connectivity index (χ0n) is 16.0. The second kappa shape index (κ2) is 8.59. The van der Waals surface area contributed by atoms with Crippen LogP contribution in [0.5, 0.6) is 5.75 Å². The topological polar surface area (TPSA) is 41.6 Å². The Morgan fingerprint density at radius 2 is 1.81 bits per heavy atom. The molecule has 1 N–H and O–H groups in total. The molecule has 3 atom stereocenters. The maximum atomic E-state index is 13.0. The molecule has 4 nitrogen and oxygen atoms in total. The minimum absolute atomic E-state index is 0.218. The van der Waals surface area contributed by atoms with Gasteiger partial charge in [0.1, 0.15) is 17.7 Å². The van der Waals surface area contributed by atoms with Crippen molar-refractivity contribution in [2.45, 2.75) is 63.5 Å². The molecule has 1 aromatic rings. The van der Waals surface area contributed by atoms with Crippen LogP contribution in [0.25, 0.3) is 0 Å². The molecule has 0 aromatic heterocycles. The van der Waals surface area contributed by atoms with E-state index in [-0.39, 0.29) is 17.8 Å². The molecule has 3 unspecified atom stereocenters. The smallest absolute Gasteiger partial charge is 0.223 e. The van der Waals surface area contributed by atoms with E-state index in [1.54, 1.807) is 12.1 Å². The minimum Gasteiger partial charge on any atom is -0.490 e. The molecular weight excluding hydrogens is 343 g/mol. The quantitative estimate of drug-likeness (QED) is 0.824. The van der Waals surface area contributed by atoms with Gasteiger partial charge in [-0.3, -0.25) is 4.79 Å². The first-order chi connectivity index (χ1) is 13.2. The fourth-order valence-electron chi connectivity index (χ4n) is 5.14. The monoisotopic (exact) mass is 374 g/mol. The van der Waals surface area contributed by atoms with Crippen LogP contribution < -0.4 is 10.1 Å². The van der Waals surface area contributed by atoms with Crippen molar-refractivity contribution in [1.29, 1.82) is 0 Å². The zero-order valence-corrected chi connectivity index (χ0v) is 16.0. The summed E-state index contributed by atoms with van der Waals surface area (Å²) in [6.07, 6.45) is 9.31. The standard InChI is InChI=1S/C22H31FN2O2/c23-16-7-9-17(10-8-16)27-18-11-14-25(15-12-18)13-3-5-20-19-4-1-2-6-21(19)24-22(20)26/h7-10,18-21H,1-6,11-15H2,(H,24,26). The van der Waals surface area contributed by atoms with Crippen LogP contribution in [-0.2, 0) is 4.79 Å². The molecule has 3 fully saturated rings. The van der Waals surface area contributed by atoms with Gasteiger partial charge in [0.2, 0.25) is 5.91 Å². The molecule has 148 valence electrons. The van der Waals surface area contributed by atoms with Crippen molar-refractivity contribution >= 4 is 5.91 Å². The van der Waals surface area contributed by atoms with Crippen molar-refractivity contribution in [2.75, 3.05) is 19.6 Å². The lowest BCUT2D eigenvalue weighted by molar-refractivity contribution is -0.123. The number of rotatable bonds is 6. The molecule has 4 rings (SSSR count). The Morgan fingerprint density at radius 1 is 1.07 bits per heavy atom. The number of hydrogen-bond donors (Lipinski definition) is 1. The normalized spacial score (nSPS) is 29.4. The maximum absolute atomic E-state index is 13.0. The zero-order chi connectivity index (χ0) is 18.6. The predicted molar refractivity (Wildman–Crippen MR) is 103 cm³/mol. The van der Waals surface area contributed by atoms with Gasteiger partial charge in [0, 0.05) is 25.0 Å². The number of nitrogens with zero attached hydrogens (tertiary/aromatic N) is 1. The van der Waals surface area contributed by atoms with Crippen LogP contribution in [0.4, 0.5) is 4.39 Å². The van der Waals surface area contributed by atoms with Crippen molar-refractivity contribution in [3.8, 4) is 5.75 Å². The van der Waals surface area contributed by atoms with Crippen LogP contribution in [0, 0.1) is 17.7 Å². The Morgan fingerprint density at radius 3 is 2.59 bits per heavy atom. The second-order valence-corrected chi connectivity index (χ2v) is 8.42. The third-order valence-electron chi connectivity index (χ3n) is 6.64. The number of amides is 1. The van der Waals surface area contributed by atoms with Crippen molar-refractivity contribution in [1.82, 2.24) is 10.2 Å². The molecule has 0 radical (unpaired) electrons. The molecule has 5 heteroatoms. The molecule has 27 heavy (non-hydrogen) atoms. The molecule has 1 aliphatic carbocycles. The number of hydrogen-bond acceptors (Lipinski definition) is 3. The first-order valence-corrected chi connectivity index (χ1v) is 10.6. The molecule has 0 spiro atoms. The Bertz CT molecular complexity index is 628. The molecule has 2 aliphatic heterocycles. The number of halogens is 1. The van der Waals surface area contributed by atoms with Gasteiger partial charge in [0.05, 0.1) is 0 Å². The number of nitrogens with one attached hydrogen (secondary N) is 1. The first-order valence-electron chi connectivity index (χ1n) is 10.6. The molecule has 2 saturated heterocycles. The van der Waals surface area contributed by atoms with Gasteiger partial charge in [-0.2, -0.15) is 0 Å².